The highest BCUT2D eigenvalue weighted by molar-refractivity contribution is 7.92. The van der Waals surface area contributed by atoms with Crippen LogP contribution in [0, 0.1) is 13.8 Å². The zero-order valence-corrected chi connectivity index (χ0v) is 20.4. The standard InChI is InChI=1S/C26H23N3O3S2/c1-17-8-13-23-21(16-17)14-15-29(23)34(31,32)22-11-9-20(10-12-22)25(30)28-26-27-24(18(2)33-26)19-6-4-3-5-7-19/h3-13,16H,14-15H2,1-2H3,(H,27,28,30). The van der Waals surface area contributed by atoms with Gasteiger partial charge in [-0.2, -0.15) is 0 Å². The van der Waals surface area contributed by atoms with Gasteiger partial charge in [0.2, 0.25) is 0 Å². The lowest BCUT2D eigenvalue weighted by atomic mass is 10.1. The van der Waals surface area contributed by atoms with Crippen molar-refractivity contribution in [2.24, 2.45) is 0 Å². The third-order valence-corrected chi connectivity index (χ3v) is 8.57. The summed E-state index contributed by atoms with van der Waals surface area (Å²) < 4.78 is 27.9. The summed E-state index contributed by atoms with van der Waals surface area (Å²) in [6, 6.07) is 21.6. The highest BCUT2D eigenvalue weighted by Gasteiger charge is 2.31. The molecule has 6 nitrogen and oxygen atoms in total. The number of sulfonamides is 1. The van der Waals surface area contributed by atoms with Crippen LogP contribution in [0.4, 0.5) is 10.8 Å². The molecule has 172 valence electrons. The fourth-order valence-corrected chi connectivity index (χ4v) is 6.47. The van der Waals surface area contributed by atoms with E-state index in [1.807, 2.05) is 62.4 Å². The smallest absolute Gasteiger partial charge is 0.264 e. The molecule has 8 heteroatoms. The third kappa shape index (κ3) is 4.10. The summed E-state index contributed by atoms with van der Waals surface area (Å²) in [5.41, 5.74) is 5.06. The molecule has 0 spiro atoms. The molecule has 1 amide bonds. The van der Waals surface area contributed by atoms with Crippen molar-refractivity contribution in [2.75, 3.05) is 16.2 Å². The maximum atomic E-state index is 13.2. The van der Waals surface area contributed by atoms with Gasteiger partial charge in [-0.3, -0.25) is 14.4 Å². The van der Waals surface area contributed by atoms with Crippen LogP contribution in [0.1, 0.15) is 26.4 Å². The summed E-state index contributed by atoms with van der Waals surface area (Å²) in [7, 11) is -3.71. The quantitative estimate of drug-likeness (QED) is 0.405. The largest absolute Gasteiger partial charge is 0.298 e. The van der Waals surface area contributed by atoms with Crippen molar-refractivity contribution in [3.8, 4) is 11.3 Å². The minimum atomic E-state index is -3.71. The lowest BCUT2D eigenvalue weighted by Crippen LogP contribution is -2.29. The van der Waals surface area contributed by atoms with Gasteiger partial charge in [0.25, 0.3) is 15.9 Å². The van der Waals surface area contributed by atoms with Gasteiger partial charge in [0.05, 0.1) is 16.3 Å². The fourth-order valence-electron chi connectivity index (χ4n) is 4.14. The lowest BCUT2D eigenvalue weighted by molar-refractivity contribution is 0.102. The topological polar surface area (TPSA) is 79.4 Å². The number of aryl methyl sites for hydroxylation is 2. The summed E-state index contributed by atoms with van der Waals surface area (Å²) in [6.07, 6.45) is 0.689. The summed E-state index contributed by atoms with van der Waals surface area (Å²) in [5, 5.41) is 3.33. The van der Waals surface area contributed by atoms with Crippen molar-refractivity contribution in [3.63, 3.8) is 0 Å². The Bertz CT molecular complexity index is 1480. The molecular weight excluding hydrogens is 466 g/mol. The van der Waals surface area contributed by atoms with E-state index in [0.29, 0.717) is 23.7 Å². The number of thiazole rings is 1. The average Bonchev–Trinajstić information content (AvgIpc) is 3.42. The highest BCUT2D eigenvalue weighted by atomic mass is 32.2. The van der Waals surface area contributed by atoms with Gasteiger partial charge >= 0.3 is 0 Å². The Hall–Kier alpha value is -3.49. The Balaban J connectivity index is 1.33. The number of amides is 1. The number of fused-ring (bicyclic) bond motifs is 1. The van der Waals surface area contributed by atoms with E-state index in [0.717, 1.165) is 32.9 Å². The molecule has 1 aliphatic heterocycles. The van der Waals surface area contributed by atoms with Gasteiger partial charge < -0.3 is 0 Å². The molecule has 0 radical (unpaired) electrons. The SMILES string of the molecule is Cc1ccc2c(c1)CCN2S(=O)(=O)c1ccc(C(=O)Nc2nc(-c3ccccc3)c(C)s2)cc1. The maximum absolute atomic E-state index is 13.2. The number of aromatic nitrogens is 1. The first-order valence-corrected chi connectivity index (χ1v) is 13.1. The molecular formula is C26H23N3O3S2. The molecule has 34 heavy (non-hydrogen) atoms. The number of hydrogen-bond acceptors (Lipinski definition) is 5. The van der Waals surface area contributed by atoms with Crippen molar-refractivity contribution < 1.29 is 13.2 Å². The zero-order chi connectivity index (χ0) is 23.9. The van der Waals surface area contributed by atoms with Crippen LogP contribution < -0.4 is 9.62 Å². The monoisotopic (exact) mass is 489 g/mol. The van der Waals surface area contributed by atoms with Crippen molar-refractivity contribution in [1.82, 2.24) is 4.98 Å². The van der Waals surface area contributed by atoms with E-state index in [9.17, 15) is 13.2 Å². The average molecular weight is 490 g/mol. The number of hydrogen-bond donors (Lipinski definition) is 1. The van der Waals surface area contributed by atoms with Crippen LogP contribution in [0.3, 0.4) is 0 Å². The van der Waals surface area contributed by atoms with Crippen molar-refractivity contribution >= 4 is 38.1 Å². The van der Waals surface area contributed by atoms with Gasteiger partial charge in [-0.25, -0.2) is 13.4 Å². The van der Waals surface area contributed by atoms with Crippen LogP contribution in [-0.4, -0.2) is 25.9 Å². The van der Waals surface area contributed by atoms with Crippen LogP contribution >= 0.6 is 11.3 Å². The molecule has 0 fully saturated rings. The van der Waals surface area contributed by atoms with E-state index < -0.39 is 10.0 Å². The molecule has 5 rings (SSSR count). The summed E-state index contributed by atoms with van der Waals surface area (Å²) >= 11 is 1.41. The minimum absolute atomic E-state index is 0.161. The highest BCUT2D eigenvalue weighted by Crippen LogP contribution is 2.34. The molecule has 3 aromatic carbocycles. The van der Waals surface area contributed by atoms with Crippen LogP contribution in [-0.2, 0) is 16.4 Å². The number of nitrogens with zero attached hydrogens (tertiary/aromatic N) is 2. The van der Waals surface area contributed by atoms with Gasteiger partial charge in [-0.15, -0.1) is 11.3 Å². The lowest BCUT2D eigenvalue weighted by Gasteiger charge is -2.19. The molecule has 0 aliphatic carbocycles. The molecule has 1 aliphatic rings. The Morgan fingerprint density at radius 2 is 1.74 bits per heavy atom. The van der Waals surface area contributed by atoms with Crippen molar-refractivity contribution in [3.05, 3.63) is 94.4 Å². The molecule has 0 unspecified atom stereocenters. The second kappa shape index (κ2) is 8.70. The summed E-state index contributed by atoms with van der Waals surface area (Å²) in [5.74, 6) is -0.334. The molecule has 0 atom stereocenters. The van der Waals surface area contributed by atoms with Gasteiger partial charge in [-0.05, 0) is 56.2 Å². The van der Waals surface area contributed by atoms with E-state index >= 15 is 0 Å². The van der Waals surface area contributed by atoms with E-state index in [1.165, 1.54) is 39.9 Å². The Morgan fingerprint density at radius 1 is 1.00 bits per heavy atom. The van der Waals surface area contributed by atoms with E-state index in [1.54, 1.807) is 0 Å². The van der Waals surface area contributed by atoms with Crippen LogP contribution in [0.25, 0.3) is 11.3 Å². The molecule has 4 aromatic rings. The number of anilines is 2. The predicted octanol–water partition coefficient (Wildman–Crippen LogP) is 5.43. The van der Waals surface area contributed by atoms with Gasteiger partial charge in [0.1, 0.15) is 0 Å². The normalized spacial score (nSPS) is 13.1. The summed E-state index contributed by atoms with van der Waals surface area (Å²) in [6.45, 7) is 4.38. The number of benzene rings is 3. The Kier molecular flexibility index (Phi) is 5.71. The molecule has 1 aromatic heterocycles. The van der Waals surface area contributed by atoms with Gasteiger partial charge in [0, 0.05) is 22.5 Å². The number of rotatable bonds is 5. The van der Waals surface area contributed by atoms with Crippen molar-refractivity contribution in [2.45, 2.75) is 25.2 Å². The molecule has 0 saturated heterocycles. The van der Waals surface area contributed by atoms with E-state index in [4.69, 9.17) is 0 Å². The predicted molar refractivity (Wildman–Crippen MR) is 136 cm³/mol. The van der Waals surface area contributed by atoms with Gasteiger partial charge in [0.15, 0.2) is 5.13 Å². The maximum Gasteiger partial charge on any atom is 0.264 e. The first kappa shape index (κ1) is 22.3. The number of nitrogens with one attached hydrogen (secondary N) is 1. The Labute approximate surface area is 203 Å². The van der Waals surface area contributed by atoms with Crippen molar-refractivity contribution in [1.29, 1.82) is 0 Å². The third-order valence-electron chi connectivity index (χ3n) is 5.86. The van der Waals surface area contributed by atoms with E-state index in [-0.39, 0.29) is 10.8 Å². The molecule has 0 saturated carbocycles. The number of carbonyl (C=O) groups is 1. The van der Waals surface area contributed by atoms with Crippen LogP contribution in [0.5, 0.6) is 0 Å². The van der Waals surface area contributed by atoms with Crippen LogP contribution in [0.2, 0.25) is 0 Å². The second-order valence-corrected chi connectivity index (χ2v) is 11.3. The van der Waals surface area contributed by atoms with E-state index in [2.05, 4.69) is 10.3 Å². The minimum Gasteiger partial charge on any atom is -0.298 e. The van der Waals surface area contributed by atoms with Crippen LogP contribution in [0.15, 0.2) is 77.7 Å². The second-order valence-electron chi connectivity index (χ2n) is 8.23. The molecule has 0 bridgehead atoms. The first-order valence-electron chi connectivity index (χ1n) is 10.9. The number of carbonyl (C=O) groups excluding carboxylic acids is 1. The first-order chi connectivity index (χ1) is 16.3. The Morgan fingerprint density at radius 3 is 2.47 bits per heavy atom. The molecule has 1 N–H and O–H groups in total. The van der Waals surface area contributed by atoms with Gasteiger partial charge in [-0.1, -0.05) is 48.0 Å². The zero-order valence-electron chi connectivity index (χ0n) is 18.8. The molecule has 2 heterocycles. The summed E-state index contributed by atoms with van der Waals surface area (Å²) in [4.78, 5) is 18.5. The fraction of sp³-hybridized carbons (Fsp3) is 0.154.